The molecule has 0 spiro atoms. The summed E-state index contributed by atoms with van der Waals surface area (Å²) < 4.78 is 33.0. The fraction of sp³-hybridized carbons (Fsp3) is 0.683. The average molecular weight is 1040 g/mol. The van der Waals surface area contributed by atoms with E-state index >= 15 is 0 Å². The molecule has 0 heterocycles. The van der Waals surface area contributed by atoms with Crippen LogP contribution < -0.4 is 5.73 Å². The number of esters is 2. The zero-order valence-electron chi connectivity index (χ0n) is 46.6. The van der Waals surface area contributed by atoms with Crippen LogP contribution in [0.2, 0.25) is 0 Å². The van der Waals surface area contributed by atoms with E-state index in [0.717, 1.165) is 77.0 Å². The van der Waals surface area contributed by atoms with Gasteiger partial charge in [-0.2, -0.15) is 0 Å². The number of allylic oxidation sites excluding steroid dienone is 18. The van der Waals surface area contributed by atoms with Crippen molar-refractivity contribution in [2.24, 2.45) is 5.73 Å². The van der Waals surface area contributed by atoms with E-state index in [4.69, 9.17) is 24.3 Å². The Morgan fingerprint density at radius 3 is 1.11 bits per heavy atom. The Kier molecular flexibility index (Phi) is 55.3. The van der Waals surface area contributed by atoms with Crippen LogP contribution in [0.3, 0.4) is 0 Å². The van der Waals surface area contributed by atoms with Crippen LogP contribution in [-0.4, -0.2) is 49.3 Å². The summed E-state index contributed by atoms with van der Waals surface area (Å²) >= 11 is 0. The molecule has 0 aromatic carbocycles. The highest BCUT2D eigenvalue weighted by Gasteiger charge is 2.26. The highest BCUT2D eigenvalue weighted by Crippen LogP contribution is 2.43. The van der Waals surface area contributed by atoms with E-state index in [9.17, 15) is 19.0 Å². The predicted molar refractivity (Wildman–Crippen MR) is 311 cm³/mol. The fourth-order valence-electron chi connectivity index (χ4n) is 7.87. The largest absolute Gasteiger partial charge is 0.472 e. The molecule has 0 bridgehead atoms. The number of phosphoric acid groups is 1. The van der Waals surface area contributed by atoms with Crippen LogP contribution in [0, 0.1) is 0 Å². The summed E-state index contributed by atoms with van der Waals surface area (Å²) in [4.78, 5) is 35.2. The molecule has 0 aliphatic rings. The first kappa shape index (κ1) is 69.7. The molecule has 0 fully saturated rings. The monoisotopic (exact) mass is 1040 g/mol. The van der Waals surface area contributed by atoms with Gasteiger partial charge in [0.2, 0.25) is 0 Å². The SMILES string of the molecule is CC/C=C\C/C=C\C/C=C\C/C=C\C/C=C\C/C=C\C/C=C\C/C=C\C/C=C\CCCC(=O)OC(COC(=O)CCCCCCCCCCCCCCCCCCCCCCCCC)COP(=O)(O)OCCN. The molecule has 73 heavy (non-hydrogen) atoms. The molecule has 0 saturated heterocycles. The van der Waals surface area contributed by atoms with Crippen molar-refractivity contribution in [3.8, 4) is 0 Å². The summed E-state index contributed by atoms with van der Waals surface area (Å²) in [6.45, 7) is 3.58. The number of hydrogen-bond acceptors (Lipinski definition) is 8. The Morgan fingerprint density at radius 2 is 0.753 bits per heavy atom. The average Bonchev–Trinajstić information content (AvgIpc) is 3.38. The minimum Gasteiger partial charge on any atom is -0.462 e. The second kappa shape index (κ2) is 57.9. The third-order valence-electron chi connectivity index (χ3n) is 12.2. The summed E-state index contributed by atoms with van der Waals surface area (Å²) in [6, 6.07) is 0. The van der Waals surface area contributed by atoms with Crippen LogP contribution in [0.25, 0.3) is 0 Å². The lowest BCUT2D eigenvalue weighted by Crippen LogP contribution is -2.29. The number of carbonyl (C=O) groups excluding carboxylic acids is 2. The van der Waals surface area contributed by atoms with Crippen molar-refractivity contribution in [1.29, 1.82) is 0 Å². The number of hydrogen-bond donors (Lipinski definition) is 2. The van der Waals surface area contributed by atoms with Crippen LogP contribution in [0.1, 0.15) is 245 Å². The molecule has 418 valence electrons. The van der Waals surface area contributed by atoms with E-state index < -0.39 is 32.5 Å². The van der Waals surface area contributed by atoms with Gasteiger partial charge in [-0.1, -0.05) is 264 Å². The highest BCUT2D eigenvalue weighted by atomic mass is 31.2. The van der Waals surface area contributed by atoms with Gasteiger partial charge in [0, 0.05) is 19.4 Å². The molecule has 0 rings (SSSR count). The van der Waals surface area contributed by atoms with Crippen LogP contribution >= 0.6 is 7.82 Å². The van der Waals surface area contributed by atoms with E-state index in [1.165, 1.54) is 128 Å². The number of nitrogens with two attached hydrogens (primary N) is 1. The third-order valence-corrected chi connectivity index (χ3v) is 13.2. The standard InChI is InChI=1S/C63H108NO8P/c1-3-5-7-9-11-13-15-17-19-21-23-25-27-28-29-30-31-32-34-36-38-40-42-44-46-48-50-52-54-56-63(66)72-61(60-71-73(67,68)70-58-57-64)59-69-62(65)55-53-51-49-47-45-43-41-39-37-35-33-26-24-22-20-18-16-14-12-10-8-6-4-2/h5,7,11,13,17,19,23,25,28-29,31-32,36,38,42,44,48,50,61H,3-4,6,8-10,12,14-16,18,20-22,24,26-27,30,33-35,37,39-41,43,45-47,49,51-60,64H2,1-2H3,(H,67,68)/b7-5-,13-11-,19-17-,25-23-,29-28-,32-31-,38-36-,44-42-,50-48-. The van der Waals surface area contributed by atoms with E-state index in [-0.39, 0.29) is 32.6 Å². The van der Waals surface area contributed by atoms with E-state index in [1.54, 1.807) is 0 Å². The molecule has 0 aliphatic carbocycles. The fourth-order valence-corrected chi connectivity index (χ4v) is 8.64. The molecule has 0 radical (unpaired) electrons. The number of ether oxygens (including phenoxy) is 2. The third kappa shape index (κ3) is 57.8. The van der Waals surface area contributed by atoms with Gasteiger partial charge in [-0.25, -0.2) is 4.57 Å². The Balaban J connectivity index is 4.11. The Bertz CT molecular complexity index is 1560. The van der Waals surface area contributed by atoms with Gasteiger partial charge in [-0.15, -0.1) is 0 Å². The molecule has 3 N–H and O–H groups in total. The smallest absolute Gasteiger partial charge is 0.462 e. The van der Waals surface area contributed by atoms with Gasteiger partial charge in [0.25, 0.3) is 0 Å². The van der Waals surface area contributed by atoms with E-state index in [0.29, 0.717) is 12.8 Å². The first-order chi connectivity index (χ1) is 35.8. The van der Waals surface area contributed by atoms with Crippen molar-refractivity contribution in [3.05, 3.63) is 109 Å². The van der Waals surface area contributed by atoms with Gasteiger partial charge in [-0.3, -0.25) is 18.6 Å². The van der Waals surface area contributed by atoms with Gasteiger partial charge in [0.05, 0.1) is 13.2 Å². The summed E-state index contributed by atoms with van der Waals surface area (Å²) in [5, 5.41) is 0. The summed E-state index contributed by atoms with van der Waals surface area (Å²) in [5.74, 6) is -0.897. The summed E-state index contributed by atoms with van der Waals surface area (Å²) in [6.07, 6.45) is 78.7. The van der Waals surface area contributed by atoms with Gasteiger partial charge in [0.15, 0.2) is 6.10 Å². The zero-order chi connectivity index (χ0) is 53.1. The maximum atomic E-state index is 12.7. The van der Waals surface area contributed by atoms with Crippen molar-refractivity contribution < 1.29 is 37.6 Å². The van der Waals surface area contributed by atoms with Crippen molar-refractivity contribution in [2.45, 2.75) is 251 Å². The molecular formula is C63H108NO8P. The molecule has 2 atom stereocenters. The maximum absolute atomic E-state index is 12.7. The van der Waals surface area contributed by atoms with E-state index in [2.05, 4.69) is 117 Å². The number of carbonyl (C=O) groups is 2. The molecule has 9 nitrogen and oxygen atoms in total. The van der Waals surface area contributed by atoms with Gasteiger partial charge >= 0.3 is 19.8 Å². The quantitative estimate of drug-likeness (QED) is 0.0264. The molecule has 0 aliphatic heterocycles. The second-order valence-corrected chi connectivity index (χ2v) is 20.6. The van der Waals surface area contributed by atoms with Crippen molar-refractivity contribution in [3.63, 3.8) is 0 Å². The summed E-state index contributed by atoms with van der Waals surface area (Å²) in [5.41, 5.74) is 5.38. The van der Waals surface area contributed by atoms with Gasteiger partial charge < -0.3 is 20.1 Å². The topological polar surface area (TPSA) is 134 Å². The lowest BCUT2D eigenvalue weighted by atomic mass is 10.0. The van der Waals surface area contributed by atoms with Crippen LogP contribution in [0.5, 0.6) is 0 Å². The highest BCUT2D eigenvalue weighted by molar-refractivity contribution is 7.47. The molecule has 2 unspecified atom stereocenters. The molecule has 0 aromatic rings. The predicted octanol–water partition coefficient (Wildman–Crippen LogP) is 18.6. The maximum Gasteiger partial charge on any atom is 0.472 e. The molecule has 0 saturated carbocycles. The lowest BCUT2D eigenvalue weighted by molar-refractivity contribution is -0.161. The van der Waals surface area contributed by atoms with Crippen LogP contribution in [0.15, 0.2) is 109 Å². The minimum absolute atomic E-state index is 0.0396. The van der Waals surface area contributed by atoms with Crippen molar-refractivity contribution in [2.75, 3.05) is 26.4 Å². The molecule has 0 aromatic heterocycles. The normalized spacial score (nSPS) is 13.9. The number of unbranched alkanes of at least 4 members (excludes halogenated alkanes) is 23. The second-order valence-electron chi connectivity index (χ2n) is 19.1. The Morgan fingerprint density at radius 1 is 0.425 bits per heavy atom. The molecular weight excluding hydrogens is 930 g/mol. The lowest BCUT2D eigenvalue weighted by Gasteiger charge is -2.19. The van der Waals surface area contributed by atoms with E-state index in [1.807, 2.05) is 6.08 Å². The Hall–Kier alpha value is -3.33. The minimum atomic E-state index is -4.41. The first-order valence-corrected chi connectivity index (χ1v) is 30.9. The first-order valence-electron chi connectivity index (χ1n) is 29.4. The molecule has 0 amide bonds. The number of phosphoric ester groups is 1. The van der Waals surface area contributed by atoms with Crippen molar-refractivity contribution >= 4 is 19.8 Å². The Labute approximate surface area is 448 Å². The van der Waals surface area contributed by atoms with Gasteiger partial charge in [-0.05, 0) is 77.0 Å². The van der Waals surface area contributed by atoms with Crippen LogP contribution in [-0.2, 0) is 32.7 Å². The molecule has 10 heteroatoms. The summed E-state index contributed by atoms with van der Waals surface area (Å²) in [7, 11) is -4.41. The van der Waals surface area contributed by atoms with Crippen LogP contribution in [0.4, 0.5) is 0 Å². The zero-order valence-corrected chi connectivity index (χ0v) is 47.5. The number of rotatable bonds is 54. The van der Waals surface area contributed by atoms with Gasteiger partial charge in [0.1, 0.15) is 6.61 Å². The van der Waals surface area contributed by atoms with Crippen molar-refractivity contribution in [1.82, 2.24) is 0 Å².